The first kappa shape index (κ1) is 16.0. The maximum atomic E-state index is 14.1. The average molecular weight is 359 g/mol. The summed E-state index contributed by atoms with van der Waals surface area (Å²) in [7, 11) is 1.62. The number of amides is 1. The molecule has 25 heavy (non-hydrogen) atoms. The van der Waals surface area contributed by atoms with Gasteiger partial charge >= 0.3 is 0 Å². The van der Waals surface area contributed by atoms with Gasteiger partial charge in [-0.15, -0.1) is 0 Å². The molecule has 0 spiro atoms. The predicted molar refractivity (Wildman–Crippen MR) is 94.1 cm³/mol. The molecule has 1 N–H and O–H groups in total. The highest BCUT2D eigenvalue weighted by molar-refractivity contribution is 6.30. The minimum atomic E-state index is -0.606. The van der Waals surface area contributed by atoms with Crippen LogP contribution in [-0.2, 0) is 4.79 Å². The first-order chi connectivity index (χ1) is 12.0. The van der Waals surface area contributed by atoms with E-state index in [1.165, 1.54) is 17.2 Å². The van der Waals surface area contributed by atoms with Crippen molar-refractivity contribution in [3.63, 3.8) is 0 Å². The molecular weight excluding hydrogens is 343 g/mol. The number of guanidine groups is 1. The molecule has 1 amide bonds. The van der Waals surface area contributed by atoms with E-state index < -0.39 is 5.95 Å². The summed E-state index contributed by atoms with van der Waals surface area (Å²) in [4.78, 5) is 19.3. The molecule has 0 radical (unpaired) electrons. The normalized spacial score (nSPS) is 20.5. The number of hydrogen-bond acceptors (Lipinski definition) is 3. The largest absolute Gasteiger partial charge is 0.300 e. The van der Waals surface area contributed by atoms with E-state index in [9.17, 15) is 9.18 Å². The molecule has 2 aliphatic rings. The molecule has 4 rings (SSSR count). The first-order valence-corrected chi connectivity index (χ1v) is 8.42. The fraction of sp³-hybridized carbons (Fsp3) is 0.278. The Morgan fingerprint density at radius 1 is 1.32 bits per heavy atom. The van der Waals surface area contributed by atoms with E-state index in [1.54, 1.807) is 30.1 Å². The van der Waals surface area contributed by atoms with Gasteiger partial charge in [-0.05, 0) is 42.5 Å². The number of rotatable bonds is 3. The van der Waals surface area contributed by atoms with Gasteiger partial charge < -0.3 is 0 Å². The van der Waals surface area contributed by atoms with Gasteiger partial charge in [0.2, 0.25) is 11.9 Å². The minimum Gasteiger partial charge on any atom is -0.300 e. The Hall–Kier alpha value is -2.47. The number of halogens is 2. The number of carbonyl (C=O) groups is 1. The number of pyridine rings is 1. The van der Waals surface area contributed by atoms with E-state index in [4.69, 9.17) is 17.0 Å². The van der Waals surface area contributed by atoms with Crippen molar-refractivity contribution in [2.24, 2.45) is 5.92 Å². The third-order valence-electron chi connectivity index (χ3n) is 4.72. The third-order valence-corrected chi connectivity index (χ3v) is 4.92. The Morgan fingerprint density at radius 3 is 2.80 bits per heavy atom. The molecule has 1 aromatic carbocycles. The minimum absolute atomic E-state index is 0.0616. The van der Waals surface area contributed by atoms with Crippen LogP contribution in [0.1, 0.15) is 12.8 Å². The standard InChI is InChI=1S/C18H16ClFN4O/c1-23-17(25)15(10-5-6-10)24(18(23)21)13-4-2-3-11(7-13)14-8-12(19)9-22-16(14)20/h2-4,7-10,15,21H,5-6H2,1H3. The second-order valence-corrected chi connectivity index (χ2v) is 6.85. The molecule has 1 atom stereocenters. The number of aromatic nitrogens is 1. The van der Waals surface area contributed by atoms with Gasteiger partial charge in [0.25, 0.3) is 5.91 Å². The van der Waals surface area contributed by atoms with Gasteiger partial charge in [0.15, 0.2) is 0 Å². The summed E-state index contributed by atoms with van der Waals surface area (Å²) in [6.45, 7) is 0. The lowest BCUT2D eigenvalue weighted by molar-refractivity contribution is -0.126. The molecule has 1 unspecified atom stereocenters. The van der Waals surface area contributed by atoms with Crippen molar-refractivity contribution in [2.45, 2.75) is 18.9 Å². The monoisotopic (exact) mass is 358 g/mol. The van der Waals surface area contributed by atoms with Gasteiger partial charge in [-0.1, -0.05) is 23.7 Å². The number of carbonyl (C=O) groups excluding carboxylic acids is 1. The summed E-state index contributed by atoms with van der Waals surface area (Å²) in [5.74, 6) is -0.256. The number of hydrogen-bond donors (Lipinski definition) is 1. The zero-order valence-electron chi connectivity index (χ0n) is 13.5. The highest BCUT2D eigenvalue weighted by atomic mass is 35.5. The van der Waals surface area contributed by atoms with Gasteiger partial charge in [0.05, 0.1) is 5.02 Å². The molecule has 7 heteroatoms. The van der Waals surface area contributed by atoms with Crippen LogP contribution in [0.4, 0.5) is 10.1 Å². The molecule has 1 saturated heterocycles. The van der Waals surface area contributed by atoms with Crippen molar-refractivity contribution < 1.29 is 9.18 Å². The van der Waals surface area contributed by atoms with Gasteiger partial charge in [-0.2, -0.15) is 4.39 Å². The summed E-state index contributed by atoms with van der Waals surface area (Å²) < 4.78 is 14.1. The SMILES string of the molecule is CN1C(=N)N(c2cccc(-c3cc(Cl)cnc3F)c2)C(C2CC2)C1=O. The lowest BCUT2D eigenvalue weighted by atomic mass is 10.1. The van der Waals surface area contributed by atoms with Crippen LogP contribution in [0.15, 0.2) is 36.5 Å². The van der Waals surface area contributed by atoms with E-state index in [1.807, 2.05) is 6.07 Å². The lowest BCUT2D eigenvalue weighted by Gasteiger charge is -2.24. The van der Waals surface area contributed by atoms with E-state index >= 15 is 0 Å². The van der Waals surface area contributed by atoms with Gasteiger partial charge in [0, 0.05) is 24.5 Å². The van der Waals surface area contributed by atoms with E-state index in [-0.39, 0.29) is 23.8 Å². The van der Waals surface area contributed by atoms with E-state index in [0.717, 1.165) is 12.8 Å². The zero-order chi connectivity index (χ0) is 17.7. The second kappa shape index (κ2) is 5.81. The highest BCUT2D eigenvalue weighted by Gasteiger charge is 2.49. The zero-order valence-corrected chi connectivity index (χ0v) is 14.3. The Labute approximate surface area is 149 Å². The van der Waals surface area contributed by atoms with Crippen molar-refractivity contribution in [1.29, 1.82) is 5.41 Å². The quantitative estimate of drug-likeness (QED) is 0.854. The Morgan fingerprint density at radius 2 is 2.08 bits per heavy atom. The Balaban J connectivity index is 1.77. The van der Waals surface area contributed by atoms with Crippen LogP contribution >= 0.6 is 11.6 Å². The molecule has 2 fully saturated rings. The molecule has 5 nitrogen and oxygen atoms in total. The van der Waals surface area contributed by atoms with Crippen LogP contribution in [-0.4, -0.2) is 34.8 Å². The molecule has 1 saturated carbocycles. The van der Waals surface area contributed by atoms with Crippen LogP contribution in [0.5, 0.6) is 0 Å². The summed E-state index contributed by atoms with van der Waals surface area (Å²) in [6.07, 6.45) is 3.23. The van der Waals surface area contributed by atoms with Gasteiger partial charge in [-0.25, -0.2) is 4.98 Å². The summed E-state index contributed by atoms with van der Waals surface area (Å²) in [5.41, 5.74) is 1.59. The number of anilines is 1. The van der Waals surface area contributed by atoms with Gasteiger partial charge in [-0.3, -0.25) is 20.0 Å². The summed E-state index contributed by atoms with van der Waals surface area (Å²) in [6, 6.07) is 8.31. The fourth-order valence-corrected chi connectivity index (χ4v) is 3.42. The predicted octanol–water partition coefficient (Wildman–Crippen LogP) is 3.53. The van der Waals surface area contributed by atoms with Gasteiger partial charge in [0.1, 0.15) is 6.04 Å². The molecule has 1 aliphatic carbocycles. The van der Waals surface area contributed by atoms with Crippen LogP contribution in [0.2, 0.25) is 5.02 Å². The molecular formula is C18H16ClFN4O. The molecule has 2 aromatic rings. The first-order valence-electron chi connectivity index (χ1n) is 8.04. The van der Waals surface area contributed by atoms with Crippen molar-refractivity contribution in [2.75, 3.05) is 11.9 Å². The number of nitrogens with zero attached hydrogens (tertiary/aromatic N) is 3. The molecule has 2 heterocycles. The topological polar surface area (TPSA) is 60.3 Å². The van der Waals surface area contributed by atoms with Crippen LogP contribution in [0.3, 0.4) is 0 Å². The smallest absolute Gasteiger partial charge is 0.252 e. The summed E-state index contributed by atoms with van der Waals surface area (Å²) in [5, 5.41) is 8.65. The van der Waals surface area contributed by atoms with E-state index in [0.29, 0.717) is 21.8 Å². The van der Waals surface area contributed by atoms with E-state index in [2.05, 4.69) is 4.98 Å². The lowest BCUT2D eigenvalue weighted by Crippen LogP contribution is -2.37. The highest BCUT2D eigenvalue weighted by Crippen LogP contribution is 2.41. The Bertz CT molecular complexity index is 883. The van der Waals surface area contributed by atoms with Crippen LogP contribution in [0, 0.1) is 17.3 Å². The fourth-order valence-electron chi connectivity index (χ4n) is 3.26. The van der Waals surface area contributed by atoms with Crippen molar-refractivity contribution >= 4 is 29.2 Å². The third kappa shape index (κ3) is 2.66. The van der Waals surface area contributed by atoms with Crippen molar-refractivity contribution in [3.05, 3.63) is 47.5 Å². The maximum absolute atomic E-state index is 14.1. The number of likely N-dealkylation sites (N-methyl/N-ethyl adjacent to an activating group) is 1. The van der Waals surface area contributed by atoms with Crippen molar-refractivity contribution in [1.82, 2.24) is 9.88 Å². The molecule has 1 aromatic heterocycles. The van der Waals surface area contributed by atoms with Crippen LogP contribution in [0.25, 0.3) is 11.1 Å². The Kier molecular flexibility index (Phi) is 3.72. The number of nitrogens with one attached hydrogen (secondary N) is 1. The second-order valence-electron chi connectivity index (χ2n) is 6.42. The van der Waals surface area contributed by atoms with Crippen molar-refractivity contribution in [3.8, 4) is 11.1 Å². The molecule has 0 bridgehead atoms. The number of benzene rings is 1. The van der Waals surface area contributed by atoms with Crippen LogP contribution < -0.4 is 4.90 Å². The average Bonchev–Trinajstić information content (AvgIpc) is 3.41. The molecule has 128 valence electrons. The summed E-state index contributed by atoms with van der Waals surface area (Å²) >= 11 is 5.94. The maximum Gasteiger partial charge on any atom is 0.252 e. The molecule has 1 aliphatic heterocycles.